The van der Waals surface area contributed by atoms with Crippen LogP contribution in [-0.4, -0.2) is 68.5 Å². The molecule has 0 amide bonds. The van der Waals surface area contributed by atoms with Gasteiger partial charge in [0, 0.05) is 25.2 Å². The van der Waals surface area contributed by atoms with Crippen LogP contribution >= 0.6 is 15.9 Å². The summed E-state index contributed by atoms with van der Waals surface area (Å²) in [6.45, 7) is 1.86. The second kappa shape index (κ2) is 13.4. The van der Waals surface area contributed by atoms with Crippen LogP contribution in [0.5, 0.6) is 40.2 Å². The fraction of sp³-hybridized carbons (Fsp3) is 0.351. The molecule has 4 aromatic rings. The lowest BCUT2D eigenvalue weighted by Crippen LogP contribution is -2.34. The highest BCUT2D eigenvalue weighted by Crippen LogP contribution is 2.46. The van der Waals surface area contributed by atoms with Crippen LogP contribution < -0.4 is 18.9 Å². The molecule has 0 unspecified atom stereocenters. The Morgan fingerprint density at radius 1 is 0.696 bits per heavy atom. The van der Waals surface area contributed by atoms with Crippen LogP contribution in [-0.2, 0) is 25.7 Å². The number of halogens is 1. The minimum Gasteiger partial charge on any atom is -0.504 e. The van der Waals surface area contributed by atoms with Gasteiger partial charge in [0.25, 0.3) is 0 Å². The molecule has 0 saturated heterocycles. The predicted octanol–water partition coefficient (Wildman–Crippen LogP) is 7.22. The van der Waals surface area contributed by atoms with E-state index in [2.05, 4.69) is 58.0 Å². The van der Waals surface area contributed by atoms with Crippen LogP contribution in [0.15, 0.2) is 65.1 Å². The number of nitrogens with zero attached hydrogens (tertiary/aromatic N) is 2. The van der Waals surface area contributed by atoms with Crippen molar-refractivity contribution in [2.45, 2.75) is 37.8 Å². The van der Waals surface area contributed by atoms with Crippen LogP contribution in [0.3, 0.4) is 0 Å². The first-order valence-corrected chi connectivity index (χ1v) is 16.3. The van der Waals surface area contributed by atoms with E-state index >= 15 is 0 Å². The number of phenolic OH excluding ortho intramolecular Hbond substituents is 2. The van der Waals surface area contributed by atoms with Crippen LogP contribution in [0.1, 0.15) is 45.5 Å². The van der Waals surface area contributed by atoms with Gasteiger partial charge in [-0.15, -0.1) is 0 Å². The maximum absolute atomic E-state index is 10.7. The number of hydrogen-bond donors (Lipinski definition) is 2. The summed E-state index contributed by atoms with van der Waals surface area (Å²) in [7, 11) is 9.17. The molecule has 2 aliphatic rings. The van der Waals surface area contributed by atoms with E-state index in [9.17, 15) is 10.2 Å². The summed E-state index contributed by atoms with van der Waals surface area (Å²) < 4.78 is 23.8. The summed E-state index contributed by atoms with van der Waals surface area (Å²) in [5.74, 6) is 3.24. The normalized spacial score (nSPS) is 18.0. The molecule has 0 spiro atoms. The molecule has 46 heavy (non-hydrogen) atoms. The van der Waals surface area contributed by atoms with Crippen LogP contribution in [0.4, 0.5) is 0 Å². The third-order valence-electron chi connectivity index (χ3n) is 9.43. The maximum Gasteiger partial charge on any atom is 0.175 e. The number of ether oxygens (including phenoxy) is 4. The average molecular weight is 690 g/mol. The lowest BCUT2D eigenvalue weighted by atomic mass is 9.88. The van der Waals surface area contributed by atoms with Gasteiger partial charge in [0.05, 0.1) is 25.8 Å². The Labute approximate surface area is 279 Å². The molecule has 9 heteroatoms. The Kier molecular flexibility index (Phi) is 9.36. The van der Waals surface area contributed by atoms with Crippen molar-refractivity contribution in [3.63, 3.8) is 0 Å². The first kappa shape index (κ1) is 32.0. The van der Waals surface area contributed by atoms with Gasteiger partial charge in [-0.05, 0) is 132 Å². The Bertz CT molecular complexity index is 1730. The molecule has 0 radical (unpaired) electrons. The van der Waals surface area contributed by atoms with E-state index in [4.69, 9.17) is 18.9 Å². The number of benzene rings is 4. The number of hydrogen-bond acceptors (Lipinski definition) is 8. The largest absolute Gasteiger partial charge is 0.504 e. The lowest BCUT2D eigenvalue weighted by Gasteiger charge is -2.36. The third-order valence-corrected chi connectivity index (χ3v) is 10.2. The van der Waals surface area contributed by atoms with Gasteiger partial charge in [0.2, 0.25) is 0 Å². The van der Waals surface area contributed by atoms with Gasteiger partial charge in [-0.3, -0.25) is 9.80 Å². The number of aromatic hydroxyl groups is 2. The van der Waals surface area contributed by atoms with Gasteiger partial charge in [0.1, 0.15) is 5.75 Å². The summed E-state index contributed by atoms with van der Waals surface area (Å²) in [6, 6.07) is 19.7. The second-order valence-corrected chi connectivity index (χ2v) is 13.0. The molecule has 0 fully saturated rings. The van der Waals surface area contributed by atoms with Crippen LogP contribution in [0.2, 0.25) is 0 Å². The van der Waals surface area contributed by atoms with Crippen molar-refractivity contribution in [2.24, 2.45) is 0 Å². The smallest absolute Gasteiger partial charge is 0.175 e. The fourth-order valence-electron chi connectivity index (χ4n) is 6.82. The van der Waals surface area contributed by atoms with Crippen molar-refractivity contribution >= 4 is 15.9 Å². The highest BCUT2D eigenvalue weighted by Gasteiger charge is 2.31. The van der Waals surface area contributed by atoms with Crippen molar-refractivity contribution in [2.75, 3.05) is 48.5 Å². The Morgan fingerprint density at radius 2 is 1.33 bits per heavy atom. The fourth-order valence-corrected chi connectivity index (χ4v) is 7.70. The first-order valence-electron chi connectivity index (χ1n) is 15.5. The van der Waals surface area contributed by atoms with E-state index in [-0.39, 0.29) is 23.6 Å². The Balaban J connectivity index is 1.19. The molecular weight excluding hydrogens is 648 g/mol. The van der Waals surface area contributed by atoms with Crippen LogP contribution in [0.25, 0.3) is 0 Å². The molecule has 0 aliphatic carbocycles. The molecule has 0 aromatic heterocycles. The van der Waals surface area contributed by atoms with Gasteiger partial charge in [-0.1, -0.05) is 18.2 Å². The third kappa shape index (κ3) is 6.24. The highest BCUT2D eigenvalue weighted by atomic mass is 79.9. The summed E-state index contributed by atoms with van der Waals surface area (Å²) >= 11 is 3.82. The number of rotatable bonds is 9. The van der Waals surface area contributed by atoms with E-state index in [1.165, 1.54) is 22.3 Å². The van der Waals surface area contributed by atoms with Crippen LogP contribution in [0, 0.1) is 0 Å². The van der Waals surface area contributed by atoms with E-state index < -0.39 is 0 Å². The Hall–Kier alpha value is -3.92. The van der Waals surface area contributed by atoms with Crippen molar-refractivity contribution < 1.29 is 29.2 Å². The minimum atomic E-state index is 0.0707. The molecule has 2 N–H and O–H groups in total. The van der Waals surface area contributed by atoms with Crippen molar-refractivity contribution in [1.29, 1.82) is 0 Å². The van der Waals surface area contributed by atoms with Gasteiger partial charge in [0.15, 0.2) is 34.5 Å². The molecular formula is C37H41BrN2O6. The quantitative estimate of drug-likeness (QED) is 0.191. The highest BCUT2D eigenvalue weighted by molar-refractivity contribution is 9.10. The van der Waals surface area contributed by atoms with Gasteiger partial charge < -0.3 is 29.2 Å². The number of phenols is 2. The second-order valence-electron chi connectivity index (χ2n) is 12.2. The SMILES string of the molecule is COc1cc2c(cc1O)[C@H](Cc1ccc(O)c(Oc3ccc(C[C@@H]4c5c(cc(OC)c(OC)c5Br)CCN4C)cc3)c1)N(C)CC2. The zero-order valence-electron chi connectivity index (χ0n) is 27.0. The zero-order chi connectivity index (χ0) is 32.5. The molecule has 4 aromatic carbocycles. The molecule has 0 saturated carbocycles. The van der Waals surface area contributed by atoms with E-state index in [1.54, 1.807) is 27.4 Å². The van der Waals surface area contributed by atoms with Gasteiger partial charge >= 0.3 is 0 Å². The van der Waals surface area contributed by atoms with Crippen molar-refractivity contribution in [3.05, 3.63) is 98.5 Å². The van der Waals surface area contributed by atoms with Crippen molar-refractivity contribution in [1.82, 2.24) is 9.80 Å². The van der Waals surface area contributed by atoms with E-state index in [1.807, 2.05) is 36.4 Å². The van der Waals surface area contributed by atoms with Gasteiger partial charge in [-0.2, -0.15) is 0 Å². The summed E-state index contributed by atoms with van der Waals surface area (Å²) in [5, 5.41) is 21.2. The lowest BCUT2D eigenvalue weighted by molar-refractivity contribution is 0.227. The molecule has 2 aliphatic heterocycles. The minimum absolute atomic E-state index is 0.0707. The molecule has 2 atom stereocenters. The van der Waals surface area contributed by atoms with Crippen molar-refractivity contribution in [3.8, 4) is 40.2 Å². The number of fused-ring (bicyclic) bond motifs is 2. The van der Waals surface area contributed by atoms with E-state index in [0.29, 0.717) is 29.4 Å². The molecule has 0 bridgehead atoms. The molecule has 8 nitrogen and oxygen atoms in total. The monoisotopic (exact) mass is 688 g/mol. The maximum atomic E-state index is 10.7. The number of likely N-dealkylation sites (N-methyl/N-ethyl adjacent to an activating group) is 2. The standard InChI is InChI=1S/C37H41BrN2O6/c1-39-14-12-24-19-32(43-3)31(42)21-27(24)28(39)17-23-8-11-30(41)33(18-23)46-26-9-6-22(7-10-26)16-29-35-25(13-15-40(29)2)20-34(44-4)37(45-5)36(35)38/h6-11,18-21,28-29,41-42H,12-17H2,1-5H3/t28-,29+/m0/s1. The van der Waals surface area contributed by atoms with Gasteiger partial charge in [-0.25, -0.2) is 0 Å². The topological polar surface area (TPSA) is 83.9 Å². The van der Waals surface area contributed by atoms with E-state index in [0.717, 1.165) is 53.7 Å². The zero-order valence-corrected chi connectivity index (χ0v) is 28.6. The Morgan fingerprint density at radius 3 is 2.02 bits per heavy atom. The average Bonchev–Trinajstić information content (AvgIpc) is 3.05. The molecule has 2 heterocycles. The summed E-state index contributed by atoms with van der Waals surface area (Å²) in [4.78, 5) is 4.68. The first-order chi connectivity index (χ1) is 22.2. The molecule has 242 valence electrons. The predicted molar refractivity (Wildman–Crippen MR) is 182 cm³/mol. The summed E-state index contributed by atoms with van der Waals surface area (Å²) in [6.07, 6.45) is 3.35. The molecule has 6 rings (SSSR count). The summed E-state index contributed by atoms with van der Waals surface area (Å²) in [5.41, 5.74) is 6.98. The number of methoxy groups -OCH3 is 3.